The lowest BCUT2D eigenvalue weighted by atomic mass is 10.1. The normalized spacial score (nSPS) is 22.6. The van der Waals surface area contributed by atoms with Crippen molar-refractivity contribution < 1.29 is 19.1 Å². The van der Waals surface area contributed by atoms with Gasteiger partial charge in [-0.3, -0.25) is 14.9 Å². The summed E-state index contributed by atoms with van der Waals surface area (Å²) < 4.78 is 4.95. The van der Waals surface area contributed by atoms with Crippen LogP contribution in [0.15, 0.2) is 4.99 Å². The number of rotatable bonds is 8. The van der Waals surface area contributed by atoms with Crippen molar-refractivity contribution in [2.75, 3.05) is 26.0 Å². The Balaban J connectivity index is 2.09. The fraction of sp³-hybridized carbons (Fsp3) is 0.750. The first-order chi connectivity index (χ1) is 12.0. The predicted molar refractivity (Wildman–Crippen MR) is 96.3 cm³/mol. The molecule has 0 saturated carbocycles. The van der Waals surface area contributed by atoms with E-state index in [1.54, 1.807) is 14.0 Å². The highest BCUT2D eigenvalue weighted by molar-refractivity contribution is 8.14. The lowest BCUT2D eigenvalue weighted by Crippen LogP contribution is -2.63. The number of nitrogens with one attached hydrogen (secondary N) is 1. The van der Waals surface area contributed by atoms with Crippen LogP contribution >= 0.6 is 11.8 Å². The molecule has 1 fully saturated rings. The zero-order valence-corrected chi connectivity index (χ0v) is 15.8. The summed E-state index contributed by atoms with van der Waals surface area (Å²) in [4.78, 5) is 43.7. The van der Waals surface area contributed by atoms with Gasteiger partial charge in [0, 0.05) is 13.6 Å². The highest BCUT2D eigenvalue weighted by atomic mass is 32.2. The van der Waals surface area contributed by atoms with E-state index in [4.69, 9.17) is 4.74 Å². The van der Waals surface area contributed by atoms with Crippen LogP contribution in [-0.4, -0.2) is 71.0 Å². The second-order valence-electron chi connectivity index (χ2n) is 6.02. The lowest BCUT2D eigenvalue weighted by molar-refractivity contribution is -0.139. The van der Waals surface area contributed by atoms with Crippen molar-refractivity contribution in [3.05, 3.63) is 0 Å². The van der Waals surface area contributed by atoms with Gasteiger partial charge in [-0.15, -0.1) is 0 Å². The Bertz CT molecular complexity index is 554. The number of unbranched alkanes of at least 4 members (excludes halogenated alkanes) is 3. The van der Waals surface area contributed by atoms with Gasteiger partial charge in [0.05, 0.1) is 12.4 Å². The van der Waals surface area contributed by atoms with E-state index in [1.807, 2.05) is 4.90 Å². The maximum Gasteiger partial charge on any atom is 0.325 e. The molecule has 1 saturated heterocycles. The van der Waals surface area contributed by atoms with Gasteiger partial charge in [-0.1, -0.05) is 37.9 Å². The second kappa shape index (κ2) is 9.07. The number of urea groups is 1. The number of nitrogens with zero attached hydrogens (tertiary/aromatic N) is 3. The SMILES string of the molecule is CCCCCCN1C(SCC(=O)OCC)=NC2C1C(=O)NC(=O)N2C. The molecular formula is C16H26N4O4S. The van der Waals surface area contributed by atoms with Crippen molar-refractivity contribution in [1.82, 2.24) is 15.1 Å². The van der Waals surface area contributed by atoms with Crippen molar-refractivity contribution in [1.29, 1.82) is 0 Å². The number of imide groups is 1. The molecule has 0 radical (unpaired) electrons. The highest BCUT2D eigenvalue weighted by Gasteiger charge is 2.48. The first kappa shape index (κ1) is 19.6. The summed E-state index contributed by atoms with van der Waals surface area (Å²) >= 11 is 1.26. The Labute approximate surface area is 152 Å². The molecule has 0 aromatic carbocycles. The van der Waals surface area contributed by atoms with E-state index in [0.29, 0.717) is 18.3 Å². The molecule has 9 heteroatoms. The number of amides is 3. The number of thioether (sulfide) groups is 1. The summed E-state index contributed by atoms with van der Waals surface area (Å²) in [5.41, 5.74) is 0. The first-order valence-electron chi connectivity index (χ1n) is 8.70. The number of hydrogen-bond acceptors (Lipinski definition) is 7. The minimum atomic E-state index is -0.544. The topological polar surface area (TPSA) is 91.3 Å². The number of likely N-dealkylation sites (N-methyl/N-ethyl adjacent to an activating group) is 1. The standard InChI is InChI=1S/C16H26N4O4S/c1-4-6-7-8-9-20-12-13(19(3)15(23)18-14(12)22)17-16(20)25-10-11(21)24-5-2/h12-13H,4-10H2,1-3H3,(H,18,22,23). The summed E-state index contributed by atoms with van der Waals surface area (Å²) in [5, 5.41) is 2.99. The molecule has 8 nitrogen and oxygen atoms in total. The van der Waals surface area contributed by atoms with Gasteiger partial charge in [0.25, 0.3) is 5.91 Å². The molecule has 2 heterocycles. The predicted octanol–water partition coefficient (Wildman–Crippen LogP) is 1.41. The number of carbonyl (C=O) groups excluding carboxylic acids is 3. The largest absolute Gasteiger partial charge is 0.465 e. The van der Waals surface area contributed by atoms with Crippen LogP contribution < -0.4 is 5.32 Å². The van der Waals surface area contributed by atoms with Gasteiger partial charge < -0.3 is 14.5 Å². The number of amidine groups is 1. The summed E-state index contributed by atoms with van der Waals surface area (Å²) in [7, 11) is 1.62. The molecule has 25 heavy (non-hydrogen) atoms. The third kappa shape index (κ3) is 4.65. The van der Waals surface area contributed by atoms with Gasteiger partial charge in [-0.2, -0.15) is 0 Å². The van der Waals surface area contributed by atoms with Crippen LogP contribution in [0, 0.1) is 0 Å². The molecule has 3 amide bonds. The molecule has 0 aromatic heterocycles. The zero-order valence-electron chi connectivity index (χ0n) is 15.0. The lowest BCUT2D eigenvalue weighted by Gasteiger charge is -2.36. The third-order valence-electron chi connectivity index (χ3n) is 4.20. The Morgan fingerprint density at radius 3 is 2.72 bits per heavy atom. The summed E-state index contributed by atoms with van der Waals surface area (Å²) in [6.45, 7) is 4.90. The van der Waals surface area contributed by atoms with E-state index in [2.05, 4.69) is 17.2 Å². The van der Waals surface area contributed by atoms with E-state index in [9.17, 15) is 14.4 Å². The minimum absolute atomic E-state index is 0.136. The Hall–Kier alpha value is -1.77. The molecule has 2 aliphatic heterocycles. The fourth-order valence-electron chi connectivity index (χ4n) is 2.89. The molecule has 0 aromatic rings. The summed E-state index contributed by atoms with van der Waals surface area (Å²) in [6.07, 6.45) is 3.71. The van der Waals surface area contributed by atoms with E-state index in [1.165, 1.54) is 16.7 Å². The zero-order chi connectivity index (χ0) is 18.4. The number of hydrogen-bond donors (Lipinski definition) is 1. The van der Waals surface area contributed by atoms with Crippen LogP contribution in [0.1, 0.15) is 39.5 Å². The van der Waals surface area contributed by atoms with Gasteiger partial charge >= 0.3 is 12.0 Å². The quantitative estimate of drug-likeness (QED) is 0.513. The molecule has 2 unspecified atom stereocenters. The van der Waals surface area contributed by atoms with Crippen molar-refractivity contribution in [2.24, 2.45) is 4.99 Å². The van der Waals surface area contributed by atoms with E-state index < -0.39 is 18.2 Å². The highest BCUT2D eigenvalue weighted by Crippen LogP contribution is 2.29. The van der Waals surface area contributed by atoms with Gasteiger partial charge in [0.2, 0.25) is 0 Å². The van der Waals surface area contributed by atoms with Gasteiger partial charge in [-0.05, 0) is 13.3 Å². The Morgan fingerprint density at radius 1 is 1.28 bits per heavy atom. The van der Waals surface area contributed by atoms with Crippen LogP contribution in [0.25, 0.3) is 0 Å². The van der Waals surface area contributed by atoms with E-state index in [-0.39, 0.29) is 17.6 Å². The molecule has 2 rings (SSSR count). The molecule has 140 valence electrons. The number of carbonyl (C=O) groups is 3. The Morgan fingerprint density at radius 2 is 2.04 bits per heavy atom. The van der Waals surface area contributed by atoms with Crippen LogP contribution in [-0.2, 0) is 14.3 Å². The van der Waals surface area contributed by atoms with E-state index >= 15 is 0 Å². The molecule has 0 spiro atoms. The maximum absolute atomic E-state index is 12.3. The molecular weight excluding hydrogens is 344 g/mol. The average Bonchev–Trinajstić information content (AvgIpc) is 2.94. The molecule has 0 aliphatic carbocycles. The monoisotopic (exact) mass is 370 g/mol. The number of esters is 1. The van der Waals surface area contributed by atoms with Crippen molar-refractivity contribution in [2.45, 2.75) is 51.7 Å². The van der Waals surface area contributed by atoms with Gasteiger partial charge in [0.15, 0.2) is 17.4 Å². The molecule has 1 N–H and O–H groups in total. The summed E-state index contributed by atoms with van der Waals surface area (Å²) in [5.74, 6) is -0.513. The van der Waals surface area contributed by atoms with Crippen LogP contribution in [0.5, 0.6) is 0 Å². The molecule has 2 aliphatic rings. The summed E-state index contributed by atoms with van der Waals surface area (Å²) in [6, 6.07) is -0.980. The Kier molecular flexibility index (Phi) is 7.10. The number of ether oxygens (including phenoxy) is 1. The molecule has 2 atom stereocenters. The number of fused-ring (bicyclic) bond motifs is 1. The molecule has 0 bridgehead atoms. The maximum atomic E-state index is 12.3. The van der Waals surface area contributed by atoms with Crippen LogP contribution in [0.2, 0.25) is 0 Å². The minimum Gasteiger partial charge on any atom is -0.465 e. The van der Waals surface area contributed by atoms with Crippen molar-refractivity contribution >= 4 is 34.8 Å². The van der Waals surface area contributed by atoms with E-state index in [0.717, 1.165) is 25.7 Å². The van der Waals surface area contributed by atoms with Crippen LogP contribution in [0.4, 0.5) is 4.79 Å². The van der Waals surface area contributed by atoms with Crippen molar-refractivity contribution in [3.63, 3.8) is 0 Å². The van der Waals surface area contributed by atoms with Crippen molar-refractivity contribution in [3.8, 4) is 0 Å². The third-order valence-corrected chi connectivity index (χ3v) is 5.18. The second-order valence-corrected chi connectivity index (χ2v) is 6.97. The smallest absolute Gasteiger partial charge is 0.325 e. The fourth-order valence-corrected chi connectivity index (χ4v) is 3.77. The number of aliphatic imine (C=N–C) groups is 1. The van der Waals surface area contributed by atoms with Gasteiger partial charge in [-0.25, -0.2) is 9.79 Å². The van der Waals surface area contributed by atoms with Crippen LogP contribution in [0.3, 0.4) is 0 Å². The van der Waals surface area contributed by atoms with Gasteiger partial charge in [0.1, 0.15) is 0 Å². The average molecular weight is 370 g/mol. The first-order valence-corrected chi connectivity index (χ1v) is 9.68.